The van der Waals surface area contributed by atoms with E-state index in [1.54, 1.807) is 73.6 Å². The van der Waals surface area contributed by atoms with Gasteiger partial charge >= 0.3 is 0 Å². The largest absolute Gasteiger partial charge is 0.306 e. The van der Waals surface area contributed by atoms with Crippen LogP contribution in [0.2, 0.25) is 0 Å². The Hall–Kier alpha value is -3.81. The van der Waals surface area contributed by atoms with Gasteiger partial charge in [-0.05, 0) is 30.3 Å². The van der Waals surface area contributed by atoms with Crippen molar-refractivity contribution >= 4 is 22.6 Å². The molecule has 8 nitrogen and oxygen atoms in total. The summed E-state index contributed by atoms with van der Waals surface area (Å²) in [5, 5.41) is 7.24. The number of carbonyl (C=O) groups excluding carboxylic acids is 1. The topological polar surface area (TPSA) is 94.7 Å². The molecule has 4 aromatic rings. The molecule has 4 rings (SSSR count). The number of amides is 1. The number of nitrogens with one attached hydrogen (secondary N) is 1. The third-order valence-electron chi connectivity index (χ3n) is 4.31. The first-order valence-electron chi connectivity index (χ1n) is 8.27. The average molecular weight is 360 g/mol. The van der Waals surface area contributed by atoms with Crippen molar-refractivity contribution in [1.82, 2.24) is 24.3 Å². The molecule has 0 saturated carbocycles. The number of fused-ring (bicyclic) bond motifs is 1. The third-order valence-corrected chi connectivity index (χ3v) is 4.31. The summed E-state index contributed by atoms with van der Waals surface area (Å²) in [5.74, 6) is 0.483. The van der Waals surface area contributed by atoms with Gasteiger partial charge in [-0.1, -0.05) is 12.1 Å². The van der Waals surface area contributed by atoms with Gasteiger partial charge < -0.3 is 5.32 Å². The zero-order chi connectivity index (χ0) is 19.0. The number of aryl methyl sites for hydroxylation is 1. The van der Waals surface area contributed by atoms with Crippen LogP contribution in [-0.2, 0) is 14.1 Å². The molecule has 0 spiro atoms. The number of rotatable bonds is 3. The first-order chi connectivity index (χ1) is 13.1. The van der Waals surface area contributed by atoms with E-state index < -0.39 is 0 Å². The normalized spacial score (nSPS) is 10.9. The van der Waals surface area contributed by atoms with Gasteiger partial charge in [0.05, 0.1) is 16.5 Å². The van der Waals surface area contributed by atoms with Gasteiger partial charge in [-0.2, -0.15) is 5.10 Å². The van der Waals surface area contributed by atoms with E-state index in [0.29, 0.717) is 33.8 Å². The third kappa shape index (κ3) is 2.86. The van der Waals surface area contributed by atoms with Gasteiger partial charge in [0.25, 0.3) is 11.5 Å². The Kier molecular flexibility index (Phi) is 4.00. The fourth-order valence-corrected chi connectivity index (χ4v) is 2.92. The molecule has 1 amide bonds. The van der Waals surface area contributed by atoms with Crippen molar-refractivity contribution in [3.63, 3.8) is 0 Å². The van der Waals surface area contributed by atoms with Crippen LogP contribution < -0.4 is 10.9 Å². The van der Waals surface area contributed by atoms with Gasteiger partial charge in [0.2, 0.25) is 0 Å². The monoisotopic (exact) mass is 360 g/mol. The van der Waals surface area contributed by atoms with E-state index in [9.17, 15) is 9.59 Å². The van der Waals surface area contributed by atoms with E-state index in [1.165, 1.54) is 4.57 Å². The number of pyridine rings is 1. The zero-order valence-corrected chi connectivity index (χ0v) is 14.7. The minimum Gasteiger partial charge on any atom is -0.306 e. The summed E-state index contributed by atoms with van der Waals surface area (Å²) in [7, 11) is 3.42. The second kappa shape index (κ2) is 6.49. The minimum atomic E-state index is -0.379. The van der Waals surface area contributed by atoms with Crippen molar-refractivity contribution < 1.29 is 4.79 Å². The highest BCUT2D eigenvalue weighted by molar-refractivity contribution is 6.11. The zero-order valence-electron chi connectivity index (χ0n) is 14.7. The fraction of sp³-hybridized carbons (Fsp3) is 0.105. The number of nitrogens with zero attached hydrogens (tertiary/aromatic N) is 5. The standard InChI is InChI=1S/C19H16N6O2/c1-24-17(14-9-11-21-25(14)2)23-16-12(6-5-7-13(16)19(24)27)18(26)22-15-8-3-4-10-20-15/h3-11H,1-2H3,(H,20,22,26). The summed E-state index contributed by atoms with van der Waals surface area (Å²) in [6, 6.07) is 12.0. The first kappa shape index (κ1) is 16.6. The lowest BCUT2D eigenvalue weighted by Gasteiger charge is -2.12. The predicted octanol–water partition coefficient (Wildman–Crippen LogP) is 1.98. The Labute approximate surface area is 154 Å². The van der Waals surface area contributed by atoms with E-state index in [0.717, 1.165) is 0 Å². The minimum absolute atomic E-state index is 0.233. The molecule has 3 heterocycles. The molecule has 0 aliphatic heterocycles. The number of benzene rings is 1. The SMILES string of the molecule is Cn1nccc1-c1nc2c(C(=O)Nc3ccccn3)cccc2c(=O)n1C. The average Bonchev–Trinajstić information content (AvgIpc) is 3.10. The maximum Gasteiger partial charge on any atom is 0.261 e. The van der Waals surface area contributed by atoms with E-state index in [1.807, 2.05) is 0 Å². The van der Waals surface area contributed by atoms with Crippen LogP contribution in [0.15, 0.2) is 59.7 Å². The quantitative estimate of drug-likeness (QED) is 0.603. The van der Waals surface area contributed by atoms with E-state index >= 15 is 0 Å². The van der Waals surface area contributed by atoms with Crippen molar-refractivity contribution in [1.29, 1.82) is 0 Å². The summed E-state index contributed by atoms with van der Waals surface area (Å²) in [5.41, 5.74) is 1.09. The molecule has 0 unspecified atom stereocenters. The van der Waals surface area contributed by atoms with Gasteiger partial charge in [-0.3, -0.25) is 18.8 Å². The van der Waals surface area contributed by atoms with Gasteiger partial charge in [0, 0.05) is 26.5 Å². The molecule has 1 aromatic carbocycles. The molecule has 0 fully saturated rings. The number of hydrogen-bond acceptors (Lipinski definition) is 5. The summed E-state index contributed by atoms with van der Waals surface area (Å²) in [6.45, 7) is 0. The lowest BCUT2D eigenvalue weighted by molar-refractivity contribution is 0.102. The summed E-state index contributed by atoms with van der Waals surface area (Å²) < 4.78 is 3.09. The predicted molar refractivity (Wildman–Crippen MR) is 101 cm³/mol. The van der Waals surface area contributed by atoms with Gasteiger partial charge in [0.15, 0.2) is 5.82 Å². The van der Waals surface area contributed by atoms with Gasteiger partial charge in [-0.25, -0.2) is 9.97 Å². The van der Waals surface area contributed by atoms with E-state index in [4.69, 9.17) is 0 Å². The molecular formula is C19H16N6O2. The molecule has 27 heavy (non-hydrogen) atoms. The summed E-state index contributed by atoms with van der Waals surface area (Å²) >= 11 is 0. The second-order valence-corrected chi connectivity index (χ2v) is 6.01. The fourth-order valence-electron chi connectivity index (χ4n) is 2.92. The lowest BCUT2D eigenvalue weighted by Crippen LogP contribution is -2.23. The summed E-state index contributed by atoms with van der Waals surface area (Å²) in [6.07, 6.45) is 3.22. The van der Waals surface area contributed by atoms with Crippen LogP contribution >= 0.6 is 0 Å². The Morgan fingerprint density at radius 3 is 2.59 bits per heavy atom. The van der Waals surface area contributed by atoms with Crippen molar-refractivity contribution in [2.24, 2.45) is 14.1 Å². The van der Waals surface area contributed by atoms with Crippen LogP contribution in [0.5, 0.6) is 0 Å². The van der Waals surface area contributed by atoms with Crippen molar-refractivity contribution in [3.8, 4) is 11.5 Å². The maximum absolute atomic E-state index is 12.8. The van der Waals surface area contributed by atoms with E-state index in [2.05, 4.69) is 20.4 Å². The van der Waals surface area contributed by atoms with Crippen LogP contribution in [0.1, 0.15) is 10.4 Å². The Balaban J connectivity index is 1.90. The number of anilines is 1. The molecule has 8 heteroatoms. The molecule has 0 aliphatic carbocycles. The number of aromatic nitrogens is 5. The molecule has 3 aromatic heterocycles. The molecule has 0 atom stereocenters. The number of carbonyl (C=O) groups is 1. The van der Waals surface area contributed by atoms with Gasteiger partial charge in [-0.15, -0.1) is 0 Å². The van der Waals surface area contributed by atoms with E-state index in [-0.39, 0.29) is 11.5 Å². The van der Waals surface area contributed by atoms with Crippen molar-refractivity contribution in [2.75, 3.05) is 5.32 Å². The number of hydrogen-bond donors (Lipinski definition) is 1. The highest BCUT2D eigenvalue weighted by atomic mass is 16.2. The molecule has 1 N–H and O–H groups in total. The smallest absolute Gasteiger partial charge is 0.261 e. The second-order valence-electron chi connectivity index (χ2n) is 6.01. The summed E-state index contributed by atoms with van der Waals surface area (Å²) in [4.78, 5) is 34.3. The maximum atomic E-state index is 12.8. The van der Waals surface area contributed by atoms with Gasteiger partial charge in [0.1, 0.15) is 11.5 Å². The van der Waals surface area contributed by atoms with Crippen LogP contribution in [0, 0.1) is 0 Å². The Morgan fingerprint density at radius 1 is 1.04 bits per heavy atom. The van der Waals surface area contributed by atoms with Crippen LogP contribution in [0.4, 0.5) is 5.82 Å². The molecule has 0 aliphatic rings. The molecule has 0 bridgehead atoms. The van der Waals surface area contributed by atoms with Crippen LogP contribution in [0.3, 0.4) is 0 Å². The Morgan fingerprint density at radius 2 is 1.89 bits per heavy atom. The first-order valence-corrected chi connectivity index (χ1v) is 8.27. The lowest BCUT2D eigenvalue weighted by atomic mass is 10.1. The van der Waals surface area contributed by atoms with Crippen LogP contribution in [-0.4, -0.2) is 30.2 Å². The molecule has 0 saturated heterocycles. The van der Waals surface area contributed by atoms with Crippen molar-refractivity contribution in [2.45, 2.75) is 0 Å². The molecular weight excluding hydrogens is 344 g/mol. The van der Waals surface area contributed by atoms with Crippen LogP contribution in [0.25, 0.3) is 22.4 Å². The number of para-hydroxylation sites is 1. The highest BCUT2D eigenvalue weighted by Gasteiger charge is 2.18. The molecule has 134 valence electrons. The van der Waals surface area contributed by atoms with Crippen molar-refractivity contribution in [3.05, 3.63) is 70.8 Å². The highest BCUT2D eigenvalue weighted by Crippen LogP contribution is 2.20. The molecule has 0 radical (unpaired) electrons. The Bertz CT molecular complexity index is 1210.